The lowest BCUT2D eigenvalue weighted by molar-refractivity contribution is 0.277. The number of hydrogen-bond acceptors (Lipinski definition) is 6. The van der Waals surface area contributed by atoms with Crippen molar-refractivity contribution in [3.8, 4) is 34.1 Å². The first kappa shape index (κ1) is 23.3. The zero-order valence-electron chi connectivity index (χ0n) is 17.2. The van der Waals surface area contributed by atoms with Crippen LogP contribution in [0, 0.1) is 17.1 Å². The number of aromatic nitrogens is 4. The monoisotopic (exact) mass is 497 g/mol. The van der Waals surface area contributed by atoms with Gasteiger partial charge in [-0.15, -0.1) is 0 Å². The maximum atomic E-state index is 13.9. The predicted octanol–water partition coefficient (Wildman–Crippen LogP) is 3.58. The zero-order chi connectivity index (χ0) is 24.4. The van der Waals surface area contributed by atoms with Crippen molar-refractivity contribution in [2.75, 3.05) is 0 Å². The molecule has 170 valence electrons. The van der Waals surface area contributed by atoms with Crippen molar-refractivity contribution in [1.29, 1.82) is 5.26 Å². The first-order chi connectivity index (χ1) is 16.3. The second-order valence-electron chi connectivity index (χ2n) is 7.08. The van der Waals surface area contributed by atoms with Gasteiger partial charge in [-0.2, -0.15) is 5.26 Å². The van der Waals surface area contributed by atoms with Crippen LogP contribution in [-0.4, -0.2) is 24.2 Å². The number of benzene rings is 1. The van der Waals surface area contributed by atoms with Crippen molar-refractivity contribution >= 4 is 23.2 Å². The Balaban J connectivity index is 2.18. The average Bonchev–Trinajstić information content (AvgIpc) is 2.83. The molecule has 0 spiro atoms. The van der Waals surface area contributed by atoms with Gasteiger partial charge >= 0.3 is 5.69 Å². The molecule has 0 saturated heterocycles. The van der Waals surface area contributed by atoms with Crippen molar-refractivity contribution in [2.24, 2.45) is 0 Å². The van der Waals surface area contributed by atoms with Gasteiger partial charge < -0.3 is 5.11 Å². The molecular formula is C23H14Cl2FN5O3. The smallest absolute Gasteiger partial charge is 0.337 e. The summed E-state index contributed by atoms with van der Waals surface area (Å²) in [5, 5.41) is 18.7. The van der Waals surface area contributed by atoms with Crippen molar-refractivity contribution in [3.63, 3.8) is 0 Å². The van der Waals surface area contributed by atoms with Gasteiger partial charge in [-0.05, 0) is 35.9 Å². The van der Waals surface area contributed by atoms with Crippen LogP contribution < -0.4 is 11.2 Å². The third-order valence-electron chi connectivity index (χ3n) is 4.99. The van der Waals surface area contributed by atoms with Crippen LogP contribution in [0.25, 0.3) is 28.1 Å². The maximum absolute atomic E-state index is 13.9. The number of rotatable bonds is 5. The fourth-order valence-electron chi connectivity index (χ4n) is 3.49. The van der Waals surface area contributed by atoms with Crippen LogP contribution in [0.5, 0.6) is 0 Å². The van der Waals surface area contributed by atoms with E-state index in [1.165, 1.54) is 42.9 Å². The molecule has 0 aliphatic carbocycles. The molecule has 0 bridgehead atoms. The summed E-state index contributed by atoms with van der Waals surface area (Å²) in [7, 11) is 0. The average molecular weight is 498 g/mol. The van der Waals surface area contributed by atoms with Crippen molar-refractivity contribution in [2.45, 2.75) is 13.2 Å². The van der Waals surface area contributed by atoms with Crippen molar-refractivity contribution in [3.05, 3.63) is 97.4 Å². The summed E-state index contributed by atoms with van der Waals surface area (Å²) in [5.74, 6) is -0.689. The maximum Gasteiger partial charge on any atom is 0.337 e. The molecule has 0 atom stereocenters. The SMILES string of the molecule is N#CCn1c(-c2ccc(CO)nc2)c(-c2ccc(F)c(Cl)c2)c(=O)n(-c2cncc(Cl)c2)c1=O. The molecule has 3 heterocycles. The normalized spacial score (nSPS) is 10.8. The van der Waals surface area contributed by atoms with Gasteiger partial charge in [0.15, 0.2) is 0 Å². The Morgan fingerprint density at radius 3 is 2.44 bits per heavy atom. The molecule has 8 nitrogen and oxygen atoms in total. The molecule has 0 radical (unpaired) electrons. The Hall–Kier alpha value is -3.84. The van der Waals surface area contributed by atoms with Gasteiger partial charge in [0.2, 0.25) is 0 Å². The van der Waals surface area contributed by atoms with Crippen molar-refractivity contribution in [1.82, 2.24) is 19.1 Å². The highest BCUT2D eigenvalue weighted by Crippen LogP contribution is 2.31. The Labute approximate surface area is 201 Å². The van der Waals surface area contributed by atoms with Gasteiger partial charge in [0.05, 0.1) is 51.6 Å². The largest absolute Gasteiger partial charge is 0.390 e. The summed E-state index contributed by atoms with van der Waals surface area (Å²) in [4.78, 5) is 35.3. The highest BCUT2D eigenvalue weighted by Gasteiger charge is 2.24. The van der Waals surface area contributed by atoms with E-state index in [9.17, 15) is 24.3 Å². The van der Waals surface area contributed by atoms with Crippen LogP contribution >= 0.6 is 23.2 Å². The van der Waals surface area contributed by atoms with Crippen LogP contribution in [0.1, 0.15) is 5.69 Å². The van der Waals surface area contributed by atoms with E-state index in [0.29, 0.717) is 11.3 Å². The van der Waals surface area contributed by atoms with Crippen LogP contribution in [0.15, 0.2) is 64.6 Å². The van der Waals surface area contributed by atoms with Crippen LogP contribution in [0.3, 0.4) is 0 Å². The quantitative estimate of drug-likeness (QED) is 0.450. The molecular weight excluding hydrogens is 484 g/mol. The number of halogens is 3. The molecule has 34 heavy (non-hydrogen) atoms. The van der Waals surface area contributed by atoms with Gasteiger partial charge in [-0.25, -0.2) is 13.8 Å². The topological polar surface area (TPSA) is 114 Å². The van der Waals surface area contributed by atoms with E-state index in [0.717, 1.165) is 15.2 Å². The van der Waals surface area contributed by atoms with Crippen molar-refractivity contribution < 1.29 is 9.50 Å². The lowest BCUT2D eigenvalue weighted by Crippen LogP contribution is -2.40. The molecule has 3 aromatic heterocycles. The third kappa shape index (κ3) is 4.22. The summed E-state index contributed by atoms with van der Waals surface area (Å²) in [6.45, 7) is -0.721. The summed E-state index contributed by atoms with van der Waals surface area (Å²) in [6, 6.07) is 10.1. The lowest BCUT2D eigenvalue weighted by Gasteiger charge is -2.18. The molecule has 0 saturated carbocycles. The Bertz CT molecular complexity index is 1560. The molecule has 0 aliphatic heterocycles. The fourth-order valence-corrected chi connectivity index (χ4v) is 3.84. The van der Waals surface area contributed by atoms with E-state index in [1.54, 1.807) is 6.07 Å². The second-order valence-corrected chi connectivity index (χ2v) is 7.92. The Morgan fingerprint density at radius 2 is 1.82 bits per heavy atom. The number of aliphatic hydroxyl groups is 1. The molecule has 1 aromatic carbocycles. The minimum atomic E-state index is -0.811. The number of hydrogen-bond donors (Lipinski definition) is 1. The number of nitrogens with zero attached hydrogens (tertiary/aromatic N) is 5. The van der Waals surface area contributed by atoms with Gasteiger partial charge in [0, 0.05) is 18.0 Å². The van der Waals surface area contributed by atoms with E-state index >= 15 is 0 Å². The highest BCUT2D eigenvalue weighted by molar-refractivity contribution is 6.31. The molecule has 0 aliphatic rings. The zero-order valence-corrected chi connectivity index (χ0v) is 18.8. The first-order valence-electron chi connectivity index (χ1n) is 9.75. The van der Waals surface area contributed by atoms with E-state index in [2.05, 4.69) is 9.97 Å². The second kappa shape index (κ2) is 9.57. The van der Waals surface area contributed by atoms with E-state index in [4.69, 9.17) is 23.2 Å². The minimum Gasteiger partial charge on any atom is -0.390 e. The number of nitriles is 1. The molecule has 4 rings (SSSR count). The molecule has 0 unspecified atom stereocenters. The number of pyridine rings is 2. The molecule has 1 N–H and O–H groups in total. The van der Waals surface area contributed by atoms with E-state index in [1.807, 2.05) is 6.07 Å². The summed E-state index contributed by atoms with van der Waals surface area (Å²) >= 11 is 12.0. The third-order valence-corrected chi connectivity index (χ3v) is 5.49. The predicted molar refractivity (Wildman–Crippen MR) is 124 cm³/mol. The molecule has 0 fully saturated rings. The minimum absolute atomic E-state index is 0.0183. The van der Waals surface area contributed by atoms with Gasteiger partial charge in [0.25, 0.3) is 5.56 Å². The number of aliphatic hydroxyl groups excluding tert-OH is 1. The summed E-state index contributed by atoms with van der Waals surface area (Å²) < 4.78 is 15.8. The molecule has 4 aromatic rings. The first-order valence-corrected chi connectivity index (χ1v) is 10.5. The fraction of sp³-hybridized carbons (Fsp3) is 0.0870. The summed E-state index contributed by atoms with van der Waals surface area (Å²) in [5.41, 5.74) is -0.508. The Kier molecular flexibility index (Phi) is 6.56. The van der Waals surface area contributed by atoms with Crippen LogP contribution in [0.4, 0.5) is 4.39 Å². The molecule has 11 heteroatoms. The van der Waals surface area contributed by atoms with E-state index < -0.39 is 23.6 Å². The Morgan fingerprint density at radius 1 is 1.06 bits per heavy atom. The van der Waals surface area contributed by atoms with Gasteiger partial charge in [-0.3, -0.25) is 19.3 Å². The van der Waals surface area contributed by atoms with Crippen LogP contribution in [-0.2, 0) is 13.2 Å². The van der Waals surface area contributed by atoms with Crippen LogP contribution in [0.2, 0.25) is 10.0 Å². The van der Waals surface area contributed by atoms with E-state index in [-0.39, 0.29) is 39.2 Å². The highest BCUT2D eigenvalue weighted by atomic mass is 35.5. The lowest BCUT2D eigenvalue weighted by atomic mass is 10.00. The van der Waals surface area contributed by atoms with Gasteiger partial charge in [0.1, 0.15) is 12.4 Å². The standard InChI is InChI=1S/C23H14Cl2FN5O3/c24-15-8-17(11-28-10-15)31-22(33)20(13-2-4-19(26)18(25)7-13)21(30(6-5-27)23(31)34)14-1-3-16(12-32)29-9-14/h1-4,7-11,32H,6,12H2. The summed E-state index contributed by atoms with van der Waals surface area (Å²) in [6.07, 6.45) is 3.99. The molecule has 0 amide bonds. The van der Waals surface area contributed by atoms with Gasteiger partial charge in [-0.1, -0.05) is 29.3 Å².